The molecule has 1 fully saturated rings. The average Bonchev–Trinajstić information content (AvgIpc) is 2.84. The lowest BCUT2D eigenvalue weighted by Crippen LogP contribution is -2.52. The monoisotopic (exact) mass is 200 g/mol. The van der Waals surface area contributed by atoms with Gasteiger partial charge in [0.05, 0.1) is 19.6 Å². The summed E-state index contributed by atoms with van der Waals surface area (Å²) in [5, 5.41) is 0. The molecule has 0 N–H and O–H groups in total. The van der Waals surface area contributed by atoms with Crippen molar-refractivity contribution in [3.63, 3.8) is 0 Å². The summed E-state index contributed by atoms with van der Waals surface area (Å²) in [7, 11) is 0. The van der Waals surface area contributed by atoms with E-state index in [1.165, 1.54) is 43.4 Å². The van der Waals surface area contributed by atoms with Crippen LogP contribution < -0.4 is 0 Å². The smallest absolute Gasteiger partial charge is 0.220 e. The molecule has 1 saturated heterocycles. The number of rotatable bonds is 7. The van der Waals surface area contributed by atoms with Gasteiger partial charge in [0.25, 0.3) is 0 Å². The number of ether oxygens (including phenoxy) is 1. The van der Waals surface area contributed by atoms with Gasteiger partial charge in [0.2, 0.25) is 6.23 Å². The van der Waals surface area contributed by atoms with E-state index in [9.17, 15) is 0 Å². The first-order valence-corrected chi connectivity index (χ1v) is 6.21. The molecule has 2 unspecified atom stereocenters. The fourth-order valence-corrected chi connectivity index (χ4v) is 2.80. The van der Waals surface area contributed by atoms with Gasteiger partial charge >= 0.3 is 0 Å². The van der Waals surface area contributed by atoms with Gasteiger partial charge < -0.3 is 4.74 Å². The molecule has 2 heteroatoms. The third-order valence-corrected chi connectivity index (χ3v) is 3.23. The lowest BCUT2D eigenvalue weighted by Gasteiger charge is -2.37. The van der Waals surface area contributed by atoms with E-state index in [-0.39, 0.29) is 0 Å². The molecule has 0 saturated carbocycles. The fourth-order valence-electron chi connectivity index (χ4n) is 2.80. The summed E-state index contributed by atoms with van der Waals surface area (Å²) < 4.78 is 6.93. The van der Waals surface area contributed by atoms with Crippen molar-refractivity contribution in [3.8, 4) is 0 Å². The zero-order valence-corrected chi connectivity index (χ0v) is 10.3. The van der Waals surface area contributed by atoms with E-state index in [0.717, 1.165) is 0 Å². The highest BCUT2D eigenvalue weighted by atomic mass is 16.6. The van der Waals surface area contributed by atoms with Crippen molar-refractivity contribution in [1.82, 2.24) is 0 Å². The van der Waals surface area contributed by atoms with Crippen molar-refractivity contribution in [2.45, 2.75) is 59.3 Å². The van der Waals surface area contributed by atoms with E-state index in [0.29, 0.717) is 12.3 Å². The molecule has 2 nitrogen and oxygen atoms in total. The van der Waals surface area contributed by atoms with Crippen molar-refractivity contribution in [3.05, 3.63) is 0 Å². The van der Waals surface area contributed by atoms with Gasteiger partial charge in [-0.25, -0.2) is 0 Å². The van der Waals surface area contributed by atoms with E-state index < -0.39 is 0 Å². The van der Waals surface area contributed by atoms with Crippen LogP contribution in [0.1, 0.15) is 47.0 Å². The second kappa shape index (κ2) is 5.13. The summed E-state index contributed by atoms with van der Waals surface area (Å²) >= 11 is 0. The highest BCUT2D eigenvalue weighted by Gasteiger charge is 2.51. The van der Waals surface area contributed by atoms with Crippen molar-refractivity contribution >= 4 is 0 Å². The Bertz CT molecular complexity index is 153. The quantitative estimate of drug-likeness (QED) is 0.455. The number of hydrogen-bond donors (Lipinski definition) is 0. The maximum Gasteiger partial charge on any atom is 0.220 e. The Morgan fingerprint density at radius 2 is 1.29 bits per heavy atom. The van der Waals surface area contributed by atoms with Crippen molar-refractivity contribution in [2.75, 3.05) is 19.6 Å². The molecule has 0 aromatic rings. The highest BCUT2D eigenvalue weighted by molar-refractivity contribution is 4.73. The fraction of sp³-hybridized carbons (Fsp3) is 1.00. The van der Waals surface area contributed by atoms with Crippen LogP contribution in [0.2, 0.25) is 0 Å². The minimum Gasteiger partial charge on any atom is -0.315 e. The third kappa shape index (κ3) is 2.48. The SMILES string of the molecule is CCC[N+](CCC)(CCC)C1OC1C. The first-order chi connectivity index (χ1) is 6.70. The Kier molecular flexibility index (Phi) is 4.39. The zero-order chi connectivity index (χ0) is 10.6. The van der Waals surface area contributed by atoms with Crippen molar-refractivity contribution in [1.29, 1.82) is 0 Å². The minimum atomic E-state index is 0.500. The van der Waals surface area contributed by atoms with E-state index in [1.54, 1.807) is 0 Å². The lowest BCUT2D eigenvalue weighted by molar-refractivity contribution is -0.948. The zero-order valence-electron chi connectivity index (χ0n) is 10.3. The molecule has 14 heavy (non-hydrogen) atoms. The van der Waals surface area contributed by atoms with Crippen LogP contribution >= 0.6 is 0 Å². The number of nitrogens with zero attached hydrogens (tertiary/aromatic N) is 1. The molecule has 1 rings (SSSR count). The van der Waals surface area contributed by atoms with Gasteiger partial charge in [0, 0.05) is 0 Å². The topological polar surface area (TPSA) is 12.5 Å². The maximum absolute atomic E-state index is 5.71. The summed E-state index contributed by atoms with van der Waals surface area (Å²) in [5.74, 6) is 0. The number of hydrogen-bond acceptors (Lipinski definition) is 1. The van der Waals surface area contributed by atoms with E-state index in [1.807, 2.05) is 0 Å². The molecule has 0 bridgehead atoms. The van der Waals surface area contributed by atoms with E-state index in [2.05, 4.69) is 27.7 Å². The average molecular weight is 200 g/mol. The van der Waals surface area contributed by atoms with E-state index in [4.69, 9.17) is 4.74 Å². The largest absolute Gasteiger partial charge is 0.315 e. The third-order valence-electron chi connectivity index (χ3n) is 3.23. The minimum absolute atomic E-state index is 0.500. The van der Waals surface area contributed by atoms with E-state index >= 15 is 0 Å². The van der Waals surface area contributed by atoms with Gasteiger partial charge in [-0.1, -0.05) is 20.8 Å². The van der Waals surface area contributed by atoms with Crippen LogP contribution in [0.25, 0.3) is 0 Å². The van der Waals surface area contributed by atoms with Crippen LogP contribution in [0.3, 0.4) is 0 Å². The highest BCUT2D eigenvalue weighted by Crippen LogP contribution is 2.33. The first kappa shape index (κ1) is 12.0. The molecule has 84 valence electrons. The molecule has 1 aliphatic heterocycles. The molecule has 0 aliphatic carbocycles. The van der Waals surface area contributed by atoms with Crippen molar-refractivity contribution in [2.24, 2.45) is 0 Å². The molecular formula is C12H26NO+. The first-order valence-electron chi connectivity index (χ1n) is 6.21. The van der Waals surface area contributed by atoms with Gasteiger partial charge in [-0.3, -0.25) is 4.48 Å². The van der Waals surface area contributed by atoms with Gasteiger partial charge in [-0.15, -0.1) is 0 Å². The number of quaternary nitrogens is 1. The maximum atomic E-state index is 5.71. The molecule has 0 aromatic heterocycles. The Morgan fingerprint density at radius 1 is 0.929 bits per heavy atom. The molecule has 0 radical (unpaired) electrons. The number of epoxide rings is 1. The summed E-state index contributed by atoms with van der Waals surface area (Å²) in [6.07, 6.45) is 4.82. The molecule has 0 spiro atoms. The molecule has 0 aromatic carbocycles. The second-order valence-electron chi connectivity index (χ2n) is 4.62. The van der Waals surface area contributed by atoms with Gasteiger partial charge in [-0.2, -0.15) is 0 Å². The molecule has 1 aliphatic rings. The van der Waals surface area contributed by atoms with Crippen molar-refractivity contribution < 1.29 is 9.22 Å². The predicted octanol–water partition coefficient (Wildman–Crippen LogP) is 2.78. The molecule has 0 amide bonds. The normalized spacial score (nSPS) is 26.6. The predicted molar refractivity (Wildman–Crippen MR) is 60.1 cm³/mol. The summed E-state index contributed by atoms with van der Waals surface area (Å²) in [6, 6.07) is 0. The Balaban J connectivity index is 2.62. The van der Waals surface area contributed by atoms with Crippen LogP contribution in [0, 0.1) is 0 Å². The van der Waals surface area contributed by atoms with Crippen LogP contribution in [0.4, 0.5) is 0 Å². The standard InChI is InChI=1S/C12H26NO/c1-5-8-13(9-6-2,10-7-3)12-11(4)14-12/h11-12H,5-10H2,1-4H3/q+1. The Labute approximate surface area is 88.8 Å². The summed E-state index contributed by atoms with van der Waals surface area (Å²) in [4.78, 5) is 0. The second-order valence-corrected chi connectivity index (χ2v) is 4.62. The van der Waals surface area contributed by atoms with Crippen LogP contribution in [-0.4, -0.2) is 36.4 Å². The van der Waals surface area contributed by atoms with Crippen LogP contribution in [-0.2, 0) is 4.74 Å². The summed E-state index contributed by atoms with van der Waals surface area (Å²) in [5.41, 5.74) is 0. The Hall–Kier alpha value is -0.0800. The lowest BCUT2D eigenvalue weighted by atomic mass is 10.2. The molecule has 1 heterocycles. The van der Waals surface area contributed by atoms with Gasteiger partial charge in [0.1, 0.15) is 6.10 Å². The Morgan fingerprint density at radius 3 is 1.50 bits per heavy atom. The van der Waals surface area contributed by atoms with Gasteiger partial charge in [-0.05, 0) is 26.2 Å². The molecule has 2 atom stereocenters. The van der Waals surface area contributed by atoms with Crippen LogP contribution in [0.5, 0.6) is 0 Å². The molecular weight excluding hydrogens is 174 g/mol. The summed E-state index contributed by atoms with van der Waals surface area (Å²) in [6.45, 7) is 12.9. The van der Waals surface area contributed by atoms with Gasteiger partial charge in [0.15, 0.2) is 0 Å². The van der Waals surface area contributed by atoms with Crippen LogP contribution in [0.15, 0.2) is 0 Å².